The van der Waals surface area contributed by atoms with Crippen molar-refractivity contribution in [1.29, 1.82) is 0 Å². The highest BCUT2D eigenvalue weighted by molar-refractivity contribution is 5.79. The third-order valence-corrected chi connectivity index (χ3v) is 3.32. The summed E-state index contributed by atoms with van der Waals surface area (Å²) in [7, 11) is 3.36. The monoisotopic (exact) mass is 304 g/mol. The summed E-state index contributed by atoms with van der Waals surface area (Å²) in [5.41, 5.74) is 0. The van der Waals surface area contributed by atoms with Gasteiger partial charge in [-0.15, -0.1) is 0 Å². The molecule has 0 N–H and O–H groups in total. The molecule has 1 aromatic carbocycles. The van der Waals surface area contributed by atoms with Crippen molar-refractivity contribution in [2.45, 2.75) is 13.0 Å². The number of aromatic nitrogens is 3. The molecule has 7 nitrogen and oxygen atoms in total. The van der Waals surface area contributed by atoms with E-state index < -0.39 is 0 Å². The van der Waals surface area contributed by atoms with Crippen molar-refractivity contribution in [2.24, 2.45) is 0 Å². The number of hydrogen-bond donors (Lipinski definition) is 0. The summed E-state index contributed by atoms with van der Waals surface area (Å²) in [4.78, 5) is 17.7. The van der Waals surface area contributed by atoms with E-state index in [4.69, 9.17) is 9.47 Å². The first-order valence-corrected chi connectivity index (χ1v) is 6.97. The molecule has 0 unspecified atom stereocenters. The van der Waals surface area contributed by atoms with Crippen LogP contribution in [0.25, 0.3) is 0 Å². The average Bonchev–Trinajstić information content (AvgIpc) is 3.08. The molecular formula is C15H20N4O3. The minimum absolute atomic E-state index is 0.0381. The summed E-state index contributed by atoms with van der Waals surface area (Å²) >= 11 is 0. The van der Waals surface area contributed by atoms with E-state index in [2.05, 4.69) is 10.1 Å². The lowest BCUT2D eigenvalue weighted by molar-refractivity contribution is -0.133. The Labute approximate surface area is 129 Å². The van der Waals surface area contributed by atoms with E-state index in [0.29, 0.717) is 13.2 Å². The van der Waals surface area contributed by atoms with E-state index >= 15 is 0 Å². The van der Waals surface area contributed by atoms with Gasteiger partial charge in [0.2, 0.25) is 5.91 Å². The van der Waals surface area contributed by atoms with Gasteiger partial charge in [0.25, 0.3) is 0 Å². The molecule has 0 saturated heterocycles. The van der Waals surface area contributed by atoms with Gasteiger partial charge in [0.15, 0.2) is 0 Å². The van der Waals surface area contributed by atoms with Crippen LogP contribution in [-0.4, -0.2) is 52.9 Å². The Morgan fingerprint density at radius 2 is 2.00 bits per heavy atom. The Morgan fingerprint density at radius 3 is 2.59 bits per heavy atom. The van der Waals surface area contributed by atoms with Gasteiger partial charge in [-0.05, 0) is 31.2 Å². The summed E-state index contributed by atoms with van der Waals surface area (Å²) < 4.78 is 12.2. The molecule has 0 spiro atoms. The van der Waals surface area contributed by atoms with Crippen LogP contribution in [0.15, 0.2) is 36.9 Å². The first-order chi connectivity index (χ1) is 10.6. The molecule has 0 saturated carbocycles. The molecule has 0 fully saturated rings. The van der Waals surface area contributed by atoms with Crippen LogP contribution in [0, 0.1) is 0 Å². The summed E-state index contributed by atoms with van der Waals surface area (Å²) in [6, 6.07) is 6.94. The number of carbonyl (C=O) groups is 1. The van der Waals surface area contributed by atoms with Crippen molar-refractivity contribution in [3.63, 3.8) is 0 Å². The largest absolute Gasteiger partial charge is 0.497 e. The Hall–Kier alpha value is -2.57. The molecule has 118 valence electrons. The highest BCUT2D eigenvalue weighted by Crippen LogP contribution is 2.17. The van der Waals surface area contributed by atoms with Crippen molar-refractivity contribution in [2.75, 3.05) is 27.3 Å². The second-order valence-corrected chi connectivity index (χ2v) is 4.84. The molecule has 1 atom stereocenters. The molecule has 1 heterocycles. The molecule has 0 aliphatic carbocycles. The number of methoxy groups -OCH3 is 1. The molecule has 2 aromatic rings. The molecule has 22 heavy (non-hydrogen) atoms. The normalized spacial score (nSPS) is 11.8. The van der Waals surface area contributed by atoms with E-state index in [1.807, 2.05) is 24.3 Å². The van der Waals surface area contributed by atoms with Crippen LogP contribution in [0.2, 0.25) is 0 Å². The van der Waals surface area contributed by atoms with Gasteiger partial charge in [0.05, 0.1) is 13.7 Å². The minimum Gasteiger partial charge on any atom is -0.497 e. The third-order valence-electron chi connectivity index (χ3n) is 3.32. The Balaban J connectivity index is 1.79. The predicted molar refractivity (Wildman–Crippen MR) is 80.9 cm³/mol. The number of amides is 1. The number of ether oxygens (including phenoxy) is 2. The van der Waals surface area contributed by atoms with Gasteiger partial charge in [-0.2, -0.15) is 5.10 Å². The van der Waals surface area contributed by atoms with E-state index in [9.17, 15) is 4.79 Å². The quantitative estimate of drug-likeness (QED) is 0.773. The Bertz CT molecular complexity index is 583. The van der Waals surface area contributed by atoms with Crippen LogP contribution in [-0.2, 0) is 4.79 Å². The second-order valence-electron chi connectivity index (χ2n) is 4.84. The van der Waals surface area contributed by atoms with E-state index in [1.165, 1.54) is 17.3 Å². The smallest absolute Gasteiger partial charge is 0.247 e. The number of rotatable bonds is 7. The van der Waals surface area contributed by atoms with Crippen LogP contribution >= 0.6 is 0 Å². The zero-order valence-corrected chi connectivity index (χ0v) is 13.0. The molecular weight excluding hydrogens is 284 g/mol. The van der Waals surface area contributed by atoms with E-state index in [-0.39, 0.29) is 11.9 Å². The van der Waals surface area contributed by atoms with Gasteiger partial charge in [-0.3, -0.25) is 4.79 Å². The predicted octanol–water partition coefficient (Wildman–Crippen LogP) is 1.39. The van der Waals surface area contributed by atoms with Crippen molar-refractivity contribution < 1.29 is 14.3 Å². The number of benzene rings is 1. The third kappa shape index (κ3) is 3.97. The highest BCUT2D eigenvalue weighted by atomic mass is 16.5. The topological polar surface area (TPSA) is 69.5 Å². The zero-order chi connectivity index (χ0) is 15.9. The summed E-state index contributed by atoms with van der Waals surface area (Å²) in [6.07, 6.45) is 2.95. The molecule has 0 aliphatic heterocycles. The first-order valence-electron chi connectivity index (χ1n) is 6.97. The van der Waals surface area contributed by atoms with Crippen LogP contribution < -0.4 is 9.47 Å². The van der Waals surface area contributed by atoms with Crippen molar-refractivity contribution in [3.05, 3.63) is 36.9 Å². The fourth-order valence-corrected chi connectivity index (χ4v) is 1.93. The molecule has 1 amide bonds. The molecule has 0 aliphatic rings. The molecule has 0 bridgehead atoms. The Morgan fingerprint density at radius 1 is 1.32 bits per heavy atom. The fourth-order valence-electron chi connectivity index (χ4n) is 1.93. The van der Waals surface area contributed by atoms with Gasteiger partial charge >= 0.3 is 0 Å². The number of carbonyl (C=O) groups excluding carboxylic acids is 1. The lowest BCUT2D eigenvalue weighted by atomic mass is 10.3. The lowest BCUT2D eigenvalue weighted by Crippen LogP contribution is -2.36. The lowest BCUT2D eigenvalue weighted by Gasteiger charge is -2.21. The maximum Gasteiger partial charge on any atom is 0.247 e. The number of hydrogen-bond acceptors (Lipinski definition) is 5. The summed E-state index contributed by atoms with van der Waals surface area (Å²) in [5, 5.41) is 3.98. The molecule has 7 heteroatoms. The van der Waals surface area contributed by atoms with E-state index in [1.54, 1.807) is 26.0 Å². The Kier molecular flexibility index (Phi) is 5.35. The van der Waals surface area contributed by atoms with Gasteiger partial charge in [-0.1, -0.05) is 0 Å². The maximum atomic E-state index is 12.2. The average molecular weight is 304 g/mol. The minimum atomic E-state index is -0.381. The summed E-state index contributed by atoms with van der Waals surface area (Å²) in [5.74, 6) is 1.48. The standard InChI is InChI=1S/C15H20N4O3/c1-12(19-11-16-10-17-19)15(20)18(2)8-9-22-14-6-4-13(21-3)5-7-14/h4-7,10-12H,8-9H2,1-3H3/t12-/m0/s1. The van der Waals surface area contributed by atoms with Gasteiger partial charge < -0.3 is 14.4 Å². The molecule has 0 radical (unpaired) electrons. The van der Waals surface area contributed by atoms with Crippen LogP contribution in [0.3, 0.4) is 0 Å². The van der Waals surface area contributed by atoms with Crippen molar-refractivity contribution in [1.82, 2.24) is 19.7 Å². The van der Waals surface area contributed by atoms with Crippen molar-refractivity contribution in [3.8, 4) is 11.5 Å². The first kappa shape index (κ1) is 15.8. The maximum absolute atomic E-state index is 12.2. The SMILES string of the molecule is COc1ccc(OCCN(C)C(=O)[C@H](C)n2cncn2)cc1. The summed E-state index contributed by atoms with van der Waals surface area (Å²) in [6.45, 7) is 2.69. The molecule has 2 rings (SSSR count). The van der Waals surface area contributed by atoms with Crippen LogP contribution in [0.4, 0.5) is 0 Å². The van der Waals surface area contributed by atoms with E-state index in [0.717, 1.165) is 11.5 Å². The zero-order valence-electron chi connectivity index (χ0n) is 13.0. The highest BCUT2D eigenvalue weighted by Gasteiger charge is 2.19. The van der Waals surface area contributed by atoms with Gasteiger partial charge in [0, 0.05) is 7.05 Å². The molecule has 1 aromatic heterocycles. The van der Waals surface area contributed by atoms with Gasteiger partial charge in [-0.25, -0.2) is 9.67 Å². The number of nitrogens with zero attached hydrogens (tertiary/aromatic N) is 4. The fraction of sp³-hybridized carbons (Fsp3) is 0.400. The second kappa shape index (κ2) is 7.44. The van der Waals surface area contributed by atoms with Crippen LogP contribution in [0.1, 0.15) is 13.0 Å². The van der Waals surface area contributed by atoms with Crippen LogP contribution in [0.5, 0.6) is 11.5 Å². The number of likely N-dealkylation sites (N-methyl/N-ethyl adjacent to an activating group) is 1. The van der Waals surface area contributed by atoms with Gasteiger partial charge in [0.1, 0.15) is 36.8 Å². The van der Waals surface area contributed by atoms with Crippen molar-refractivity contribution >= 4 is 5.91 Å².